The van der Waals surface area contributed by atoms with Gasteiger partial charge in [0.2, 0.25) is 0 Å². The summed E-state index contributed by atoms with van der Waals surface area (Å²) >= 11 is 11.9. The van der Waals surface area contributed by atoms with Gasteiger partial charge in [-0.1, -0.05) is 37.0 Å². The molecular weight excluding hydrogens is 311 g/mol. The lowest BCUT2D eigenvalue weighted by atomic mass is 10.2. The molecule has 108 valence electrons. The highest BCUT2D eigenvalue weighted by molar-refractivity contribution is 6.37. The third-order valence-electron chi connectivity index (χ3n) is 2.18. The van der Waals surface area contributed by atoms with Crippen molar-refractivity contribution in [3.05, 3.63) is 27.7 Å². The quantitative estimate of drug-likeness (QED) is 0.816. The van der Waals surface area contributed by atoms with E-state index in [1.54, 1.807) is 0 Å². The number of nitrogens with one attached hydrogen (secondary N) is 2. The molecule has 0 unspecified atom stereocenters. The van der Waals surface area contributed by atoms with Crippen molar-refractivity contribution < 1.29 is 9.53 Å². The van der Waals surface area contributed by atoms with Crippen LogP contribution in [0.15, 0.2) is 12.1 Å². The summed E-state index contributed by atoms with van der Waals surface area (Å²) in [5, 5.41) is 0.609. The second-order valence-corrected chi connectivity index (χ2v) is 5.02. The van der Waals surface area contributed by atoms with Crippen molar-refractivity contribution in [1.29, 1.82) is 0 Å². The molecule has 0 aliphatic heterocycles. The number of rotatable bonds is 5. The van der Waals surface area contributed by atoms with Gasteiger partial charge < -0.3 is 4.74 Å². The summed E-state index contributed by atoms with van der Waals surface area (Å²) in [6, 6.07) is 3.03. The number of ether oxygens (including phenoxy) is 1. The molecule has 0 atom stereocenters. The SMILES string of the molecule is COc1c(Cl)cc(C(=O)NNCC(C)C)cc1Cl.Cl. The molecule has 1 aromatic rings. The first kappa shape index (κ1) is 18.3. The Balaban J connectivity index is 0.00000324. The molecule has 0 heterocycles. The van der Waals surface area contributed by atoms with Gasteiger partial charge in [-0.15, -0.1) is 12.4 Å². The van der Waals surface area contributed by atoms with E-state index in [0.29, 0.717) is 33.8 Å². The van der Waals surface area contributed by atoms with Crippen molar-refractivity contribution in [1.82, 2.24) is 10.9 Å². The number of amides is 1. The molecule has 0 spiro atoms. The Morgan fingerprint density at radius 1 is 1.32 bits per heavy atom. The largest absolute Gasteiger partial charge is 0.494 e. The summed E-state index contributed by atoms with van der Waals surface area (Å²) in [4.78, 5) is 11.8. The molecule has 1 rings (SSSR count). The molecule has 0 aliphatic carbocycles. The molecule has 2 N–H and O–H groups in total. The fourth-order valence-corrected chi connectivity index (χ4v) is 1.93. The lowest BCUT2D eigenvalue weighted by molar-refractivity contribution is 0.0931. The summed E-state index contributed by atoms with van der Waals surface area (Å²) in [6.45, 7) is 4.77. The van der Waals surface area contributed by atoms with Gasteiger partial charge in [-0.05, 0) is 18.1 Å². The lowest BCUT2D eigenvalue weighted by Gasteiger charge is -2.11. The Bertz CT molecular complexity index is 416. The van der Waals surface area contributed by atoms with Gasteiger partial charge in [0.25, 0.3) is 5.91 Å². The fourth-order valence-electron chi connectivity index (χ4n) is 1.29. The normalized spacial score (nSPS) is 10.0. The summed E-state index contributed by atoms with van der Waals surface area (Å²) in [6.07, 6.45) is 0. The minimum Gasteiger partial charge on any atom is -0.494 e. The maximum Gasteiger partial charge on any atom is 0.265 e. The van der Waals surface area contributed by atoms with E-state index in [4.69, 9.17) is 27.9 Å². The molecule has 19 heavy (non-hydrogen) atoms. The first-order valence-electron chi connectivity index (χ1n) is 5.52. The predicted molar refractivity (Wildman–Crippen MR) is 80.6 cm³/mol. The van der Waals surface area contributed by atoms with Crippen LogP contribution in [-0.2, 0) is 0 Å². The predicted octanol–water partition coefficient (Wildman–Crippen LogP) is 3.31. The van der Waals surface area contributed by atoms with Crippen molar-refractivity contribution in [2.45, 2.75) is 13.8 Å². The van der Waals surface area contributed by atoms with Gasteiger partial charge in [0, 0.05) is 12.1 Å². The Labute approximate surface area is 129 Å². The molecule has 0 fully saturated rings. The molecule has 0 saturated heterocycles. The van der Waals surface area contributed by atoms with E-state index < -0.39 is 0 Å². The minimum atomic E-state index is -0.290. The van der Waals surface area contributed by atoms with Gasteiger partial charge in [-0.3, -0.25) is 10.2 Å². The summed E-state index contributed by atoms with van der Waals surface area (Å²) in [5.74, 6) is 0.514. The van der Waals surface area contributed by atoms with Crippen LogP contribution in [0.4, 0.5) is 0 Å². The van der Waals surface area contributed by atoms with Gasteiger partial charge in [-0.2, -0.15) is 0 Å². The maximum atomic E-state index is 11.8. The number of carbonyl (C=O) groups excluding carboxylic acids is 1. The van der Waals surface area contributed by atoms with E-state index in [1.807, 2.05) is 13.8 Å². The van der Waals surface area contributed by atoms with Crippen molar-refractivity contribution in [3.8, 4) is 5.75 Å². The first-order chi connectivity index (χ1) is 8.45. The van der Waals surface area contributed by atoms with Crippen molar-refractivity contribution in [2.24, 2.45) is 5.92 Å². The van der Waals surface area contributed by atoms with E-state index in [1.165, 1.54) is 19.2 Å². The van der Waals surface area contributed by atoms with E-state index in [0.717, 1.165) is 0 Å². The van der Waals surface area contributed by atoms with Crippen LogP contribution in [0.2, 0.25) is 10.0 Å². The summed E-state index contributed by atoms with van der Waals surface area (Å²) < 4.78 is 5.01. The molecule has 0 aliphatic rings. The lowest BCUT2D eigenvalue weighted by Crippen LogP contribution is -2.39. The second kappa shape index (κ2) is 8.48. The summed E-state index contributed by atoms with van der Waals surface area (Å²) in [5.41, 5.74) is 5.79. The monoisotopic (exact) mass is 326 g/mol. The molecule has 7 heteroatoms. The van der Waals surface area contributed by atoms with Crippen molar-refractivity contribution in [2.75, 3.05) is 13.7 Å². The van der Waals surface area contributed by atoms with Crippen LogP contribution in [0, 0.1) is 5.92 Å². The fraction of sp³-hybridized carbons (Fsp3) is 0.417. The van der Waals surface area contributed by atoms with E-state index in [9.17, 15) is 4.79 Å². The number of hydrogen-bond acceptors (Lipinski definition) is 3. The maximum absolute atomic E-state index is 11.8. The number of halogens is 3. The molecule has 0 aromatic heterocycles. The number of methoxy groups -OCH3 is 1. The molecule has 1 amide bonds. The molecular formula is C12H17Cl3N2O2. The van der Waals surface area contributed by atoms with Crippen LogP contribution in [0.3, 0.4) is 0 Å². The average molecular weight is 328 g/mol. The van der Waals surface area contributed by atoms with Gasteiger partial charge in [0.05, 0.1) is 17.2 Å². The Morgan fingerprint density at radius 3 is 2.26 bits per heavy atom. The topological polar surface area (TPSA) is 50.4 Å². The average Bonchev–Trinajstić information content (AvgIpc) is 2.27. The van der Waals surface area contributed by atoms with Crippen molar-refractivity contribution >= 4 is 41.5 Å². The number of carbonyl (C=O) groups is 1. The highest BCUT2D eigenvalue weighted by Crippen LogP contribution is 2.33. The molecule has 1 aromatic carbocycles. The standard InChI is InChI=1S/C12H16Cl2N2O2.ClH/c1-7(2)6-15-16-12(17)8-4-9(13)11(18-3)10(14)5-8;/h4-5,7,15H,6H2,1-3H3,(H,16,17);1H. The third-order valence-corrected chi connectivity index (χ3v) is 2.74. The van der Waals surface area contributed by atoms with Crippen LogP contribution in [0.1, 0.15) is 24.2 Å². The van der Waals surface area contributed by atoms with Crippen LogP contribution in [0.25, 0.3) is 0 Å². The highest BCUT2D eigenvalue weighted by Gasteiger charge is 2.13. The summed E-state index contributed by atoms with van der Waals surface area (Å²) in [7, 11) is 1.47. The smallest absolute Gasteiger partial charge is 0.265 e. The zero-order valence-corrected chi connectivity index (χ0v) is 13.2. The third kappa shape index (κ3) is 5.45. The number of benzene rings is 1. The Hall–Kier alpha value is -0.680. The minimum absolute atomic E-state index is 0. The molecule has 0 bridgehead atoms. The van der Waals surface area contributed by atoms with Crippen LogP contribution in [-0.4, -0.2) is 19.6 Å². The van der Waals surface area contributed by atoms with Crippen molar-refractivity contribution in [3.63, 3.8) is 0 Å². The van der Waals surface area contributed by atoms with Gasteiger partial charge in [0.1, 0.15) is 0 Å². The van der Waals surface area contributed by atoms with Gasteiger partial charge in [0.15, 0.2) is 5.75 Å². The molecule has 0 radical (unpaired) electrons. The van der Waals surface area contributed by atoms with Crippen LogP contribution < -0.4 is 15.6 Å². The number of hydrazine groups is 1. The number of hydrogen-bond donors (Lipinski definition) is 2. The molecule has 0 saturated carbocycles. The highest BCUT2D eigenvalue weighted by atomic mass is 35.5. The zero-order chi connectivity index (χ0) is 13.7. The molecule has 4 nitrogen and oxygen atoms in total. The first-order valence-corrected chi connectivity index (χ1v) is 6.27. The van der Waals surface area contributed by atoms with E-state index in [2.05, 4.69) is 10.9 Å². The van der Waals surface area contributed by atoms with Crippen LogP contribution in [0.5, 0.6) is 5.75 Å². The Morgan fingerprint density at radius 2 is 1.84 bits per heavy atom. The van der Waals surface area contributed by atoms with Crippen LogP contribution >= 0.6 is 35.6 Å². The van der Waals surface area contributed by atoms with E-state index >= 15 is 0 Å². The van der Waals surface area contributed by atoms with Gasteiger partial charge in [-0.25, -0.2) is 5.43 Å². The second-order valence-electron chi connectivity index (χ2n) is 4.20. The Kier molecular flexibility index (Phi) is 8.18. The van der Waals surface area contributed by atoms with Gasteiger partial charge >= 0.3 is 0 Å². The van der Waals surface area contributed by atoms with E-state index in [-0.39, 0.29) is 18.3 Å². The zero-order valence-electron chi connectivity index (χ0n) is 10.9.